The van der Waals surface area contributed by atoms with Gasteiger partial charge in [-0.1, -0.05) is 12.1 Å². The zero-order valence-corrected chi connectivity index (χ0v) is 14.7. The van der Waals surface area contributed by atoms with E-state index in [1.807, 2.05) is 0 Å². The van der Waals surface area contributed by atoms with Crippen LogP contribution in [0.2, 0.25) is 0 Å². The molecule has 8 nitrogen and oxygen atoms in total. The van der Waals surface area contributed by atoms with Crippen LogP contribution in [-0.4, -0.2) is 49.9 Å². The van der Waals surface area contributed by atoms with Crippen LogP contribution in [0.3, 0.4) is 0 Å². The molecule has 136 valence electrons. The molecule has 25 heavy (non-hydrogen) atoms. The molecule has 0 radical (unpaired) electrons. The summed E-state index contributed by atoms with van der Waals surface area (Å²) in [6, 6.07) is 6.31. The SMILES string of the molecule is CCN1CC(C(=O)NCCCc2cccc(S(N)(=O)=O)c2)=C(O)C1=O. The summed E-state index contributed by atoms with van der Waals surface area (Å²) in [6.07, 6.45) is 1.12. The minimum absolute atomic E-state index is 0.0493. The quantitative estimate of drug-likeness (QED) is 0.587. The van der Waals surface area contributed by atoms with E-state index in [1.54, 1.807) is 19.1 Å². The summed E-state index contributed by atoms with van der Waals surface area (Å²) in [5.41, 5.74) is 0.860. The minimum Gasteiger partial charge on any atom is -0.503 e. The fourth-order valence-electron chi connectivity index (χ4n) is 2.53. The van der Waals surface area contributed by atoms with E-state index in [0.29, 0.717) is 25.9 Å². The molecule has 0 saturated carbocycles. The second kappa shape index (κ2) is 7.66. The van der Waals surface area contributed by atoms with Crippen molar-refractivity contribution >= 4 is 21.8 Å². The van der Waals surface area contributed by atoms with Gasteiger partial charge in [0.15, 0.2) is 5.76 Å². The summed E-state index contributed by atoms with van der Waals surface area (Å²) < 4.78 is 22.6. The molecule has 1 aliphatic heterocycles. The second-order valence-corrected chi connectivity index (χ2v) is 7.26. The van der Waals surface area contributed by atoms with Gasteiger partial charge in [-0.25, -0.2) is 13.6 Å². The Morgan fingerprint density at radius 3 is 2.72 bits per heavy atom. The average molecular weight is 367 g/mol. The minimum atomic E-state index is -3.74. The topological polar surface area (TPSA) is 130 Å². The Labute approximate surface area is 146 Å². The van der Waals surface area contributed by atoms with Gasteiger partial charge in [-0.3, -0.25) is 9.59 Å². The lowest BCUT2D eigenvalue weighted by molar-refractivity contribution is -0.127. The predicted octanol–water partition coefficient (Wildman–Crippen LogP) is 0.0570. The number of likely N-dealkylation sites (N-methyl/N-ethyl adjacent to an activating group) is 1. The lowest BCUT2D eigenvalue weighted by Gasteiger charge is -2.12. The molecule has 0 spiro atoms. The number of aryl methyl sites for hydroxylation is 1. The number of nitrogens with zero attached hydrogens (tertiary/aromatic N) is 1. The average Bonchev–Trinajstić information content (AvgIpc) is 2.86. The third-order valence-corrected chi connectivity index (χ3v) is 4.85. The van der Waals surface area contributed by atoms with Crippen molar-refractivity contribution in [1.29, 1.82) is 0 Å². The monoisotopic (exact) mass is 367 g/mol. The Bertz CT molecular complexity index is 817. The zero-order valence-electron chi connectivity index (χ0n) is 13.9. The van der Waals surface area contributed by atoms with Crippen molar-refractivity contribution < 1.29 is 23.1 Å². The van der Waals surface area contributed by atoms with Gasteiger partial charge < -0.3 is 15.3 Å². The number of nitrogens with two attached hydrogens (primary N) is 1. The molecular weight excluding hydrogens is 346 g/mol. The molecule has 0 fully saturated rings. The molecule has 4 N–H and O–H groups in total. The van der Waals surface area contributed by atoms with Crippen molar-refractivity contribution in [3.63, 3.8) is 0 Å². The lowest BCUT2D eigenvalue weighted by atomic mass is 10.1. The van der Waals surface area contributed by atoms with E-state index in [1.165, 1.54) is 17.0 Å². The molecule has 1 aromatic carbocycles. The molecule has 2 rings (SSSR count). The molecule has 1 aliphatic rings. The van der Waals surface area contributed by atoms with Gasteiger partial charge in [-0.05, 0) is 37.5 Å². The number of aliphatic hydroxyl groups excluding tert-OH is 1. The molecule has 0 aromatic heterocycles. The van der Waals surface area contributed by atoms with Gasteiger partial charge in [-0.15, -0.1) is 0 Å². The number of carbonyl (C=O) groups excluding carboxylic acids is 2. The fourth-order valence-corrected chi connectivity index (χ4v) is 3.11. The highest BCUT2D eigenvalue weighted by atomic mass is 32.2. The first-order chi connectivity index (χ1) is 11.7. The van der Waals surface area contributed by atoms with Gasteiger partial charge in [0, 0.05) is 13.1 Å². The highest BCUT2D eigenvalue weighted by molar-refractivity contribution is 7.89. The molecule has 9 heteroatoms. The van der Waals surface area contributed by atoms with Gasteiger partial charge in [0.2, 0.25) is 10.0 Å². The number of amides is 2. The maximum atomic E-state index is 12.1. The number of hydrogen-bond donors (Lipinski definition) is 3. The van der Waals surface area contributed by atoms with E-state index < -0.39 is 27.6 Å². The summed E-state index contributed by atoms with van der Waals surface area (Å²) in [4.78, 5) is 25.1. The second-order valence-electron chi connectivity index (χ2n) is 5.70. The molecule has 0 bridgehead atoms. The van der Waals surface area contributed by atoms with E-state index in [2.05, 4.69) is 5.32 Å². The van der Waals surface area contributed by atoms with Crippen LogP contribution in [0.15, 0.2) is 40.5 Å². The molecule has 1 heterocycles. The Morgan fingerprint density at radius 1 is 1.40 bits per heavy atom. The smallest absolute Gasteiger partial charge is 0.289 e. The number of carbonyl (C=O) groups is 2. The van der Waals surface area contributed by atoms with Gasteiger partial charge in [0.25, 0.3) is 11.8 Å². The van der Waals surface area contributed by atoms with E-state index in [4.69, 9.17) is 5.14 Å². The number of rotatable bonds is 7. The summed E-state index contributed by atoms with van der Waals surface area (Å²) in [7, 11) is -3.74. The molecule has 0 aliphatic carbocycles. The highest BCUT2D eigenvalue weighted by Crippen LogP contribution is 2.16. The Kier molecular flexibility index (Phi) is 5.81. The standard InChI is InChI=1S/C16H21N3O5S/c1-2-19-10-13(14(20)16(19)22)15(21)18-8-4-6-11-5-3-7-12(9-11)25(17,23)24/h3,5,7,9,20H,2,4,6,8,10H2,1H3,(H,18,21)(H2,17,23,24). The van der Waals surface area contributed by atoms with E-state index >= 15 is 0 Å². The molecule has 1 aromatic rings. The first-order valence-corrected chi connectivity index (χ1v) is 9.40. The number of sulfonamides is 1. The third kappa shape index (κ3) is 4.58. The number of hydrogen-bond acceptors (Lipinski definition) is 5. The molecule has 0 unspecified atom stereocenters. The normalized spacial score (nSPS) is 15.0. The van der Waals surface area contributed by atoms with Crippen LogP contribution >= 0.6 is 0 Å². The summed E-state index contributed by atoms with van der Waals surface area (Å²) in [5, 5.41) is 17.5. The van der Waals surface area contributed by atoms with Crippen molar-refractivity contribution in [3.05, 3.63) is 41.2 Å². The molecule has 2 amide bonds. The van der Waals surface area contributed by atoms with Crippen LogP contribution < -0.4 is 10.5 Å². The first kappa shape index (κ1) is 18.9. The van der Waals surface area contributed by atoms with Crippen molar-refractivity contribution in [3.8, 4) is 0 Å². The third-order valence-electron chi connectivity index (χ3n) is 3.94. The van der Waals surface area contributed by atoms with Crippen LogP contribution in [-0.2, 0) is 26.0 Å². The largest absolute Gasteiger partial charge is 0.503 e. The maximum absolute atomic E-state index is 12.1. The van der Waals surface area contributed by atoms with Gasteiger partial charge in [0.1, 0.15) is 0 Å². The molecular formula is C16H21N3O5S. The number of primary sulfonamides is 1. The lowest BCUT2D eigenvalue weighted by Crippen LogP contribution is -2.30. The first-order valence-electron chi connectivity index (χ1n) is 7.85. The van der Waals surface area contributed by atoms with Crippen molar-refractivity contribution in [2.75, 3.05) is 19.6 Å². The molecule has 0 saturated heterocycles. The zero-order chi connectivity index (χ0) is 18.6. The number of nitrogens with one attached hydrogen (secondary N) is 1. The van der Waals surface area contributed by atoms with Gasteiger partial charge in [-0.2, -0.15) is 0 Å². The van der Waals surface area contributed by atoms with Crippen LogP contribution in [0.4, 0.5) is 0 Å². The van der Waals surface area contributed by atoms with Crippen LogP contribution in [0.1, 0.15) is 18.9 Å². The Morgan fingerprint density at radius 2 is 2.12 bits per heavy atom. The molecule has 0 atom stereocenters. The van der Waals surface area contributed by atoms with Crippen LogP contribution in [0.25, 0.3) is 0 Å². The van der Waals surface area contributed by atoms with Gasteiger partial charge >= 0.3 is 0 Å². The summed E-state index contributed by atoms with van der Waals surface area (Å²) in [6.45, 7) is 2.61. The number of benzene rings is 1. The van der Waals surface area contributed by atoms with Crippen molar-refractivity contribution in [1.82, 2.24) is 10.2 Å². The van der Waals surface area contributed by atoms with E-state index in [0.717, 1.165) is 5.56 Å². The van der Waals surface area contributed by atoms with Crippen molar-refractivity contribution in [2.24, 2.45) is 5.14 Å². The maximum Gasteiger partial charge on any atom is 0.289 e. The van der Waals surface area contributed by atoms with Gasteiger partial charge in [0.05, 0.1) is 17.0 Å². The highest BCUT2D eigenvalue weighted by Gasteiger charge is 2.32. The van der Waals surface area contributed by atoms with E-state index in [9.17, 15) is 23.1 Å². The van der Waals surface area contributed by atoms with Crippen LogP contribution in [0, 0.1) is 0 Å². The van der Waals surface area contributed by atoms with Crippen LogP contribution in [0.5, 0.6) is 0 Å². The Balaban J connectivity index is 1.86. The Hall–Kier alpha value is -2.39. The summed E-state index contributed by atoms with van der Waals surface area (Å²) in [5.74, 6) is -1.51. The fraction of sp³-hybridized carbons (Fsp3) is 0.375. The van der Waals surface area contributed by atoms with Crippen molar-refractivity contribution in [2.45, 2.75) is 24.7 Å². The number of aliphatic hydroxyl groups is 1. The van der Waals surface area contributed by atoms with E-state index in [-0.39, 0.29) is 17.0 Å². The predicted molar refractivity (Wildman–Crippen MR) is 91.1 cm³/mol. The summed E-state index contributed by atoms with van der Waals surface area (Å²) >= 11 is 0.